The molecule has 1 N–H and O–H groups in total. The average molecular weight is 373 g/mol. The van der Waals surface area contributed by atoms with Crippen LogP contribution in [-0.4, -0.2) is 23.8 Å². The number of rotatable bonds is 5. The van der Waals surface area contributed by atoms with E-state index in [1.165, 1.54) is 6.92 Å². The largest absolute Gasteiger partial charge is 0.497 e. The van der Waals surface area contributed by atoms with Gasteiger partial charge >= 0.3 is 0 Å². The summed E-state index contributed by atoms with van der Waals surface area (Å²) in [5, 5.41) is 3.37. The van der Waals surface area contributed by atoms with Crippen LogP contribution in [0, 0.1) is 0 Å². The van der Waals surface area contributed by atoms with Gasteiger partial charge in [0.1, 0.15) is 5.75 Å². The van der Waals surface area contributed by atoms with Gasteiger partial charge in [0, 0.05) is 23.5 Å². The zero-order valence-corrected chi connectivity index (χ0v) is 15.5. The Kier molecular flexibility index (Phi) is 4.53. The molecule has 0 saturated carbocycles. The highest BCUT2D eigenvalue weighted by Gasteiger charge is 2.39. The lowest BCUT2D eigenvalue weighted by Gasteiger charge is -2.27. The van der Waals surface area contributed by atoms with Gasteiger partial charge in [-0.15, -0.1) is 0 Å². The van der Waals surface area contributed by atoms with Crippen LogP contribution in [0.2, 0.25) is 0 Å². The lowest BCUT2D eigenvalue weighted by molar-refractivity contribution is 0.0990. The van der Waals surface area contributed by atoms with Gasteiger partial charge in [0.15, 0.2) is 11.9 Å². The molecular formula is C22H19N3O3. The second-order valence-electron chi connectivity index (χ2n) is 6.49. The molecular weight excluding hydrogens is 354 g/mol. The highest BCUT2D eigenvalue weighted by molar-refractivity contribution is 6.11. The van der Waals surface area contributed by atoms with E-state index < -0.39 is 6.17 Å². The van der Waals surface area contributed by atoms with Crippen molar-refractivity contribution in [2.24, 2.45) is 0 Å². The number of hydrogen-bond acceptors (Lipinski definition) is 5. The van der Waals surface area contributed by atoms with Gasteiger partial charge in [0.2, 0.25) is 0 Å². The zero-order chi connectivity index (χ0) is 19.7. The van der Waals surface area contributed by atoms with Crippen LogP contribution in [0.1, 0.15) is 39.5 Å². The van der Waals surface area contributed by atoms with Gasteiger partial charge in [-0.05, 0) is 55.5 Å². The molecule has 0 fully saturated rings. The number of aromatic nitrogens is 1. The van der Waals surface area contributed by atoms with E-state index in [0.717, 1.165) is 5.69 Å². The first-order valence-corrected chi connectivity index (χ1v) is 8.88. The molecule has 140 valence electrons. The minimum atomic E-state index is -0.473. The standard InChI is InChI=1S/C22H19N3O3/c1-14(26)15-8-10-16(11-9-15)24-21-20-19(7-4-12-23-20)22(27)25(21)17-5-3-6-18(13-17)28-2/h3-13,21,24H,1-2H3. The molecule has 28 heavy (non-hydrogen) atoms. The number of amides is 1. The van der Waals surface area contributed by atoms with Crippen molar-refractivity contribution in [2.75, 3.05) is 17.3 Å². The quantitative estimate of drug-likeness (QED) is 0.683. The minimum Gasteiger partial charge on any atom is -0.497 e. The van der Waals surface area contributed by atoms with Crippen LogP contribution in [0.4, 0.5) is 11.4 Å². The fourth-order valence-electron chi connectivity index (χ4n) is 3.30. The van der Waals surface area contributed by atoms with Crippen molar-refractivity contribution in [3.05, 3.63) is 83.7 Å². The Balaban J connectivity index is 1.74. The van der Waals surface area contributed by atoms with Crippen LogP contribution < -0.4 is 15.0 Å². The summed E-state index contributed by atoms with van der Waals surface area (Å²) in [5.41, 5.74) is 3.35. The van der Waals surface area contributed by atoms with Gasteiger partial charge in [-0.2, -0.15) is 0 Å². The predicted octanol–water partition coefficient (Wildman–Crippen LogP) is 4.06. The average Bonchev–Trinajstić information content (AvgIpc) is 3.00. The van der Waals surface area contributed by atoms with E-state index >= 15 is 0 Å². The summed E-state index contributed by atoms with van der Waals surface area (Å²) in [6, 6.07) is 18.1. The van der Waals surface area contributed by atoms with E-state index in [1.54, 1.807) is 42.5 Å². The summed E-state index contributed by atoms with van der Waals surface area (Å²) in [4.78, 5) is 30.7. The summed E-state index contributed by atoms with van der Waals surface area (Å²) < 4.78 is 5.31. The molecule has 1 aromatic heterocycles. The molecule has 1 aliphatic rings. The molecule has 0 bridgehead atoms. The Morgan fingerprint density at radius 3 is 2.61 bits per heavy atom. The number of Topliss-reactive ketones (excluding diaryl/α,β-unsaturated/α-hetero) is 1. The van der Waals surface area contributed by atoms with Crippen molar-refractivity contribution in [1.29, 1.82) is 0 Å². The first kappa shape index (κ1) is 17.7. The number of carbonyl (C=O) groups excluding carboxylic acids is 2. The lowest BCUT2D eigenvalue weighted by atomic mass is 10.1. The topological polar surface area (TPSA) is 71.5 Å². The molecule has 4 rings (SSSR count). The maximum absolute atomic E-state index is 13.1. The van der Waals surface area contributed by atoms with Crippen molar-refractivity contribution in [1.82, 2.24) is 4.98 Å². The lowest BCUT2D eigenvalue weighted by Crippen LogP contribution is -2.32. The number of hydrogen-bond donors (Lipinski definition) is 1. The molecule has 1 atom stereocenters. The van der Waals surface area contributed by atoms with Gasteiger partial charge in [-0.25, -0.2) is 0 Å². The number of benzene rings is 2. The van der Waals surface area contributed by atoms with Crippen molar-refractivity contribution >= 4 is 23.1 Å². The number of nitrogens with zero attached hydrogens (tertiary/aromatic N) is 2. The second-order valence-corrected chi connectivity index (χ2v) is 6.49. The molecule has 1 amide bonds. The van der Waals surface area contributed by atoms with Crippen molar-refractivity contribution < 1.29 is 14.3 Å². The predicted molar refractivity (Wildman–Crippen MR) is 107 cm³/mol. The number of methoxy groups -OCH3 is 1. The van der Waals surface area contributed by atoms with Crippen LogP contribution in [-0.2, 0) is 0 Å². The van der Waals surface area contributed by atoms with E-state index in [2.05, 4.69) is 10.3 Å². The maximum atomic E-state index is 13.1. The Hall–Kier alpha value is -3.67. The first-order chi connectivity index (χ1) is 13.6. The number of nitrogens with one attached hydrogen (secondary N) is 1. The molecule has 1 aliphatic heterocycles. The SMILES string of the molecule is COc1cccc(N2C(=O)c3cccnc3C2Nc2ccc(C(C)=O)cc2)c1. The van der Waals surface area contributed by atoms with Crippen molar-refractivity contribution in [2.45, 2.75) is 13.1 Å². The minimum absolute atomic E-state index is 0.00705. The normalized spacial score (nSPS) is 15.3. The molecule has 0 saturated heterocycles. The van der Waals surface area contributed by atoms with E-state index in [1.807, 2.05) is 36.4 Å². The fraction of sp³-hybridized carbons (Fsp3) is 0.136. The van der Waals surface area contributed by atoms with Gasteiger partial charge < -0.3 is 10.1 Å². The molecule has 2 aromatic carbocycles. The number of carbonyl (C=O) groups is 2. The van der Waals surface area contributed by atoms with Gasteiger partial charge in [0.05, 0.1) is 24.1 Å². The Labute approximate surface area is 162 Å². The molecule has 0 spiro atoms. The molecule has 2 heterocycles. The third-order valence-corrected chi connectivity index (χ3v) is 4.73. The highest BCUT2D eigenvalue weighted by Crippen LogP contribution is 2.37. The summed E-state index contributed by atoms with van der Waals surface area (Å²) in [6.07, 6.45) is 1.20. The summed E-state index contributed by atoms with van der Waals surface area (Å²) in [7, 11) is 1.59. The van der Waals surface area contributed by atoms with E-state index in [4.69, 9.17) is 4.74 Å². The molecule has 6 nitrogen and oxygen atoms in total. The number of ether oxygens (including phenoxy) is 1. The number of fused-ring (bicyclic) bond motifs is 1. The second kappa shape index (κ2) is 7.15. The molecule has 6 heteroatoms. The van der Waals surface area contributed by atoms with Crippen LogP contribution in [0.3, 0.4) is 0 Å². The van der Waals surface area contributed by atoms with Crippen molar-refractivity contribution in [3.8, 4) is 5.75 Å². The van der Waals surface area contributed by atoms with Crippen LogP contribution >= 0.6 is 0 Å². The molecule has 3 aromatic rings. The zero-order valence-electron chi connectivity index (χ0n) is 15.5. The van der Waals surface area contributed by atoms with E-state index in [0.29, 0.717) is 28.3 Å². The Bertz CT molecular complexity index is 1050. The monoisotopic (exact) mass is 373 g/mol. The Morgan fingerprint density at radius 2 is 1.89 bits per heavy atom. The third kappa shape index (κ3) is 3.09. The van der Waals surface area contributed by atoms with E-state index in [9.17, 15) is 9.59 Å². The highest BCUT2D eigenvalue weighted by atomic mass is 16.5. The van der Waals surface area contributed by atoms with E-state index in [-0.39, 0.29) is 11.7 Å². The molecule has 1 unspecified atom stereocenters. The maximum Gasteiger partial charge on any atom is 0.262 e. The summed E-state index contributed by atoms with van der Waals surface area (Å²) >= 11 is 0. The summed E-state index contributed by atoms with van der Waals surface area (Å²) in [6.45, 7) is 1.53. The summed E-state index contributed by atoms with van der Waals surface area (Å²) in [5.74, 6) is 0.542. The first-order valence-electron chi connectivity index (χ1n) is 8.88. The van der Waals surface area contributed by atoms with Gasteiger partial charge in [-0.3, -0.25) is 19.5 Å². The number of ketones is 1. The number of anilines is 2. The van der Waals surface area contributed by atoms with Crippen molar-refractivity contribution in [3.63, 3.8) is 0 Å². The van der Waals surface area contributed by atoms with Gasteiger partial charge in [0.25, 0.3) is 5.91 Å². The molecule has 0 radical (unpaired) electrons. The third-order valence-electron chi connectivity index (χ3n) is 4.73. The Morgan fingerprint density at radius 1 is 1.11 bits per heavy atom. The van der Waals surface area contributed by atoms with Crippen LogP contribution in [0.15, 0.2) is 66.9 Å². The van der Waals surface area contributed by atoms with Gasteiger partial charge in [-0.1, -0.05) is 6.07 Å². The fourth-order valence-corrected chi connectivity index (χ4v) is 3.30. The van der Waals surface area contributed by atoms with Crippen LogP contribution in [0.25, 0.3) is 0 Å². The molecule has 0 aliphatic carbocycles. The number of pyridine rings is 1. The smallest absolute Gasteiger partial charge is 0.262 e. The van der Waals surface area contributed by atoms with Crippen LogP contribution in [0.5, 0.6) is 5.75 Å².